The number of halogens is 1. The Kier molecular flexibility index (Phi) is 4.92. The van der Waals surface area contributed by atoms with Gasteiger partial charge < -0.3 is 0 Å². The minimum absolute atomic E-state index is 0.0214. The van der Waals surface area contributed by atoms with Crippen molar-refractivity contribution in [2.24, 2.45) is 0 Å². The zero-order valence-electron chi connectivity index (χ0n) is 11.8. The average Bonchev–Trinajstić information content (AvgIpc) is 2.46. The van der Waals surface area contributed by atoms with Crippen LogP contribution in [0.15, 0.2) is 47.6 Å². The molecule has 0 aliphatic heterocycles. The van der Waals surface area contributed by atoms with Gasteiger partial charge in [-0.05, 0) is 31.0 Å². The van der Waals surface area contributed by atoms with Crippen LogP contribution in [0, 0.1) is 0 Å². The molecule has 2 aromatic rings. The van der Waals surface area contributed by atoms with Crippen LogP contribution in [0.3, 0.4) is 0 Å². The fourth-order valence-corrected chi connectivity index (χ4v) is 3.49. The van der Waals surface area contributed by atoms with E-state index in [1.807, 2.05) is 44.2 Å². The number of hydrogen-bond donors (Lipinski definition) is 0. The molecule has 7 heteroatoms. The summed E-state index contributed by atoms with van der Waals surface area (Å²) in [7, 11) is -3.67. The van der Waals surface area contributed by atoms with Crippen LogP contribution >= 0.6 is 11.6 Å². The Morgan fingerprint density at radius 2 is 1.71 bits per heavy atom. The summed E-state index contributed by atoms with van der Waals surface area (Å²) >= 11 is 5.60. The molecule has 5 nitrogen and oxygen atoms in total. The molecule has 0 spiro atoms. The molecule has 0 saturated carbocycles. The second-order valence-electron chi connectivity index (χ2n) is 4.82. The number of hydrogen-bond acceptors (Lipinski definition) is 4. The minimum Gasteiger partial charge on any atom is -0.225 e. The first-order valence-corrected chi connectivity index (χ1v) is 8.26. The lowest BCUT2D eigenvalue weighted by molar-refractivity contribution is 0.348. The van der Waals surface area contributed by atoms with Crippen molar-refractivity contribution in [3.63, 3.8) is 0 Å². The van der Waals surface area contributed by atoms with Gasteiger partial charge in [-0.3, -0.25) is 0 Å². The summed E-state index contributed by atoms with van der Waals surface area (Å²) in [5, 5.41) is 0.0214. The lowest BCUT2D eigenvalue weighted by atomic mass is 10.2. The predicted molar refractivity (Wildman–Crippen MR) is 81.3 cm³/mol. The molecule has 0 bridgehead atoms. The monoisotopic (exact) mass is 325 g/mol. The van der Waals surface area contributed by atoms with E-state index in [2.05, 4.69) is 9.97 Å². The lowest BCUT2D eigenvalue weighted by Gasteiger charge is -2.25. The summed E-state index contributed by atoms with van der Waals surface area (Å²) < 4.78 is 26.8. The van der Waals surface area contributed by atoms with E-state index < -0.39 is 10.0 Å². The molecule has 0 aliphatic carbocycles. The highest BCUT2D eigenvalue weighted by molar-refractivity contribution is 7.89. The molecule has 112 valence electrons. The zero-order chi connectivity index (χ0) is 15.5. The van der Waals surface area contributed by atoms with Gasteiger partial charge in [0.05, 0.1) is 12.4 Å². The minimum atomic E-state index is -3.67. The van der Waals surface area contributed by atoms with Crippen molar-refractivity contribution in [1.29, 1.82) is 0 Å². The van der Waals surface area contributed by atoms with E-state index in [-0.39, 0.29) is 16.2 Å². The van der Waals surface area contributed by atoms with Gasteiger partial charge in [0.15, 0.2) is 0 Å². The smallest absolute Gasteiger partial charge is 0.225 e. The summed E-state index contributed by atoms with van der Waals surface area (Å²) in [4.78, 5) is 7.52. The molecule has 0 fully saturated rings. The second kappa shape index (κ2) is 6.51. The van der Waals surface area contributed by atoms with Gasteiger partial charge in [-0.2, -0.15) is 4.31 Å². The SMILES string of the molecule is CC(C)N(Cc1ccccc1)S(=O)(=O)c1cnc(Cl)nc1. The molecule has 0 unspecified atom stereocenters. The maximum atomic E-state index is 12.7. The predicted octanol–water partition coefficient (Wildman–Crippen LogP) is 2.73. The molecule has 1 heterocycles. The van der Waals surface area contributed by atoms with E-state index in [0.29, 0.717) is 6.54 Å². The number of sulfonamides is 1. The van der Waals surface area contributed by atoms with E-state index in [4.69, 9.17) is 11.6 Å². The number of rotatable bonds is 5. The third-order valence-electron chi connectivity index (χ3n) is 2.96. The average molecular weight is 326 g/mol. The largest absolute Gasteiger partial charge is 0.246 e. The maximum absolute atomic E-state index is 12.7. The summed E-state index contributed by atoms with van der Waals surface area (Å²) in [5.74, 6) is 0. The Balaban J connectivity index is 2.35. The highest BCUT2D eigenvalue weighted by Crippen LogP contribution is 2.20. The van der Waals surface area contributed by atoms with E-state index in [0.717, 1.165) is 5.56 Å². The zero-order valence-corrected chi connectivity index (χ0v) is 13.3. The summed E-state index contributed by atoms with van der Waals surface area (Å²) in [6.07, 6.45) is 2.45. The third-order valence-corrected chi connectivity index (χ3v) is 5.13. The molecule has 0 N–H and O–H groups in total. The van der Waals surface area contributed by atoms with Gasteiger partial charge in [-0.25, -0.2) is 18.4 Å². The van der Waals surface area contributed by atoms with Crippen LogP contribution in [0.5, 0.6) is 0 Å². The highest BCUT2D eigenvalue weighted by Gasteiger charge is 2.27. The molecular formula is C14H16ClN3O2S. The summed E-state index contributed by atoms with van der Waals surface area (Å²) in [6.45, 7) is 3.96. The quantitative estimate of drug-likeness (QED) is 0.793. The first-order chi connectivity index (χ1) is 9.91. The third kappa shape index (κ3) is 3.78. The van der Waals surface area contributed by atoms with Crippen LogP contribution in [-0.2, 0) is 16.6 Å². The summed E-state index contributed by atoms with van der Waals surface area (Å²) in [5.41, 5.74) is 0.921. The standard InChI is InChI=1S/C14H16ClN3O2S/c1-11(2)18(10-12-6-4-3-5-7-12)21(19,20)13-8-16-14(15)17-9-13/h3-9,11H,10H2,1-2H3. The van der Waals surface area contributed by atoms with Crippen molar-refractivity contribution in [1.82, 2.24) is 14.3 Å². The normalized spacial score (nSPS) is 12.0. The number of aromatic nitrogens is 2. The molecular weight excluding hydrogens is 310 g/mol. The maximum Gasteiger partial charge on any atom is 0.246 e. The van der Waals surface area contributed by atoms with Crippen molar-refractivity contribution < 1.29 is 8.42 Å². The van der Waals surface area contributed by atoms with Gasteiger partial charge in [0.1, 0.15) is 4.90 Å². The Morgan fingerprint density at radius 1 is 1.14 bits per heavy atom. The highest BCUT2D eigenvalue weighted by atomic mass is 35.5. The Morgan fingerprint density at radius 3 is 2.24 bits per heavy atom. The van der Waals surface area contributed by atoms with E-state index in [1.54, 1.807) is 0 Å². The van der Waals surface area contributed by atoms with Crippen molar-refractivity contribution in [2.45, 2.75) is 31.3 Å². The van der Waals surface area contributed by atoms with Gasteiger partial charge in [0.25, 0.3) is 0 Å². The Bertz CT molecular complexity index is 688. The van der Waals surface area contributed by atoms with Gasteiger partial charge in [-0.15, -0.1) is 0 Å². The van der Waals surface area contributed by atoms with E-state index >= 15 is 0 Å². The molecule has 0 aliphatic rings. The molecule has 0 saturated heterocycles. The molecule has 0 radical (unpaired) electrons. The van der Waals surface area contributed by atoms with Gasteiger partial charge in [0, 0.05) is 12.6 Å². The van der Waals surface area contributed by atoms with Crippen molar-refractivity contribution in [3.8, 4) is 0 Å². The van der Waals surface area contributed by atoms with Crippen molar-refractivity contribution >= 4 is 21.6 Å². The van der Waals surface area contributed by atoms with Crippen LogP contribution in [-0.4, -0.2) is 28.7 Å². The van der Waals surface area contributed by atoms with Crippen LogP contribution in [0.25, 0.3) is 0 Å². The number of benzene rings is 1. The topological polar surface area (TPSA) is 63.2 Å². The van der Waals surface area contributed by atoms with Gasteiger partial charge in [0.2, 0.25) is 15.3 Å². The van der Waals surface area contributed by atoms with Crippen molar-refractivity contribution in [2.75, 3.05) is 0 Å². The lowest BCUT2D eigenvalue weighted by Crippen LogP contribution is -2.36. The van der Waals surface area contributed by atoms with Gasteiger partial charge >= 0.3 is 0 Å². The molecule has 0 amide bonds. The number of nitrogens with zero attached hydrogens (tertiary/aromatic N) is 3. The fourth-order valence-electron chi connectivity index (χ4n) is 1.88. The molecule has 21 heavy (non-hydrogen) atoms. The summed E-state index contributed by atoms with van der Waals surface area (Å²) in [6, 6.07) is 9.25. The molecule has 1 aromatic heterocycles. The van der Waals surface area contributed by atoms with Crippen LogP contribution < -0.4 is 0 Å². The molecule has 2 rings (SSSR count). The van der Waals surface area contributed by atoms with Crippen LogP contribution in [0.2, 0.25) is 5.28 Å². The van der Waals surface area contributed by atoms with E-state index in [1.165, 1.54) is 16.7 Å². The van der Waals surface area contributed by atoms with Gasteiger partial charge in [-0.1, -0.05) is 30.3 Å². The second-order valence-corrected chi connectivity index (χ2v) is 7.05. The van der Waals surface area contributed by atoms with Crippen LogP contribution in [0.4, 0.5) is 0 Å². The fraction of sp³-hybridized carbons (Fsp3) is 0.286. The molecule has 1 aromatic carbocycles. The van der Waals surface area contributed by atoms with Crippen molar-refractivity contribution in [3.05, 3.63) is 53.6 Å². The van der Waals surface area contributed by atoms with Crippen LogP contribution in [0.1, 0.15) is 19.4 Å². The molecule has 0 atom stereocenters. The first kappa shape index (κ1) is 15.9. The first-order valence-electron chi connectivity index (χ1n) is 6.44. The Hall–Kier alpha value is -1.50. The Labute approximate surface area is 129 Å². The van der Waals surface area contributed by atoms with E-state index in [9.17, 15) is 8.42 Å².